The maximum absolute atomic E-state index is 13.2. The summed E-state index contributed by atoms with van der Waals surface area (Å²) in [5, 5.41) is 3.56. The Kier molecular flexibility index (Phi) is 7.10. The second-order valence-corrected chi connectivity index (χ2v) is 8.78. The van der Waals surface area contributed by atoms with Crippen LogP contribution in [0.15, 0.2) is 47.8 Å². The van der Waals surface area contributed by atoms with E-state index in [4.69, 9.17) is 21.1 Å². The third-order valence-electron chi connectivity index (χ3n) is 5.33. The summed E-state index contributed by atoms with van der Waals surface area (Å²) in [7, 11) is 1.59. The molecule has 0 spiro atoms. The van der Waals surface area contributed by atoms with Crippen molar-refractivity contribution in [1.82, 2.24) is 9.88 Å². The van der Waals surface area contributed by atoms with Gasteiger partial charge in [0.2, 0.25) is 0 Å². The van der Waals surface area contributed by atoms with Crippen LogP contribution < -0.4 is 9.47 Å². The molecule has 1 aromatic heterocycles. The van der Waals surface area contributed by atoms with Crippen LogP contribution in [0.25, 0.3) is 10.6 Å². The summed E-state index contributed by atoms with van der Waals surface area (Å²) in [6, 6.07) is 13.1. The molecule has 0 bridgehead atoms. The van der Waals surface area contributed by atoms with Gasteiger partial charge in [-0.05, 0) is 37.1 Å². The number of rotatable bonds is 6. The molecule has 0 radical (unpaired) electrons. The molecule has 1 fully saturated rings. The maximum Gasteiger partial charge on any atom is 0.257 e. The second kappa shape index (κ2) is 10.2. The Morgan fingerprint density at radius 2 is 1.84 bits per heavy atom. The summed E-state index contributed by atoms with van der Waals surface area (Å²) in [6.07, 6.45) is 4.42. The second-order valence-electron chi connectivity index (χ2n) is 7.48. The summed E-state index contributed by atoms with van der Waals surface area (Å²) in [5.74, 6) is 1.02. The van der Waals surface area contributed by atoms with Crippen LogP contribution >= 0.6 is 22.9 Å². The summed E-state index contributed by atoms with van der Waals surface area (Å²) < 4.78 is 11.6. The number of thiazole rings is 1. The first-order valence-electron chi connectivity index (χ1n) is 10.4. The quantitative estimate of drug-likeness (QED) is 0.452. The van der Waals surface area contributed by atoms with E-state index < -0.39 is 0 Å². The summed E-state index contributed by atoms with van der Waals surface area (Å²) >= 11 is 7.52. The number of hydrogen-bond acceptors (Lipinski definition) is 5. The number of para-hydroxylation sites is 1. The highest BCUT2D eigenvalue weighted by Gasteiger charge is 2.23. The van der Waals surface area contributed by atoms with E-state index in [9.17, 15) is 4.79 Å². The van der Waals surface area contributed by atoms with Crippen molar-refractivity contribution in [3.8, 4) is 22.1 Å². The molecule has 5 nitrogen and oxygen atoms in total. The highest BCUT2D eigenvalue weighted by Crippen LogP contribution is 2.34. The Hall–Kier alpha value is -2.57. The first kappa shape index (κ1) is 21.7. The predicted molar refractivity (Wildman–Crippen MR) is 124 cm³/mol. The average Bonchev–Trinajstić information content (AvgIpc) is 3.10. The molecule has 0 unspecified atom stereocenters. The zero-order valence-corrected chi connectivity index (χ0v) is 19.0. The molecular weight excluding hydrogens is 432 g/mol. The van der Waals surface area contributed by atoms with Crippen molar-refractivity contribution in [2.75, 3.05) is 20.2 Å². The molecule has 31 heavy (non-hydrogen) atoms. The standard InChI is InChI=1S/C24H25ClN2O3S/c1-29-21-8-6-7-20(24(28)27-13-4-2-3-5-14-27)22(21)30-15-19-16-31-23(26-19)17-9-11-18(25)12-10-17/h6-12,16H,2-5,13-15H2,1H3. The lowest BCUT2D eigenvalue weighted by Gasteiger charge is -2.22. The molecule has 2 heterocycles. The maximum atomic E-state index is 13.2. The number of benzene rings is 2. The van der Waals surface area contributed by atoms with Crippen LogP contribution in [0.1, 0.15) is 41.7 Å². The number of hydrogen-bond donors (Lipinski definition) is 0. The molecule has 0 aliphatic carbocycles. The van der Waals surface area contributed by atoms with Crippen LogP contribution in [0.2, 0.25) is 5.02 Å². The van der Waals surface area contributed by atoms with Gasteiger partial charge in [0.15, 0.2) is 11.5 Å². The number of halogens is 1. The third-order valence-corrected chi connectivity index (χ3v) is 6.52. The highest BCUT2D eigenvalue weighted by molar-refractivity contribution is 7.13. The van der Waals surface area contributed by atoms with E-state index in [1.54, 1.807) is 18.4 Å². The number of methoxy groups -OCH3 is 1. The van der Waals surface area contributed by atoms with Crippen molar-refractivity contribution in [1.29, 1.82) is 0 Å². The van der Waals surface area contributed by atoms with Crippen molar-refractivity contribution in [3.63, 3.8) is 0 Å². The van der Waals surface area contributed by atoms with Crippen LogP contribution in [0, 0.1) is 0 Å². The molecule has 2 aromatic carbocycles. The van der Waals surface area contributed by atoms with Crippen LogP contribution in [0.5, 0.6) is 11.5 Å². The van der Waals surface area contributed by atoms with E-state index in [0.29, 0.717) is 22.1 Å². The minimum Gasteiger partial charge on any atom is -0.493 e. The molecule has 1 aliphatic heterocycles. The number of likely N-dealkylation sites (tertiary alicyclic amines) is 1. The van der Waals surface area contributed by atoms with Gasteiger partial charge in [-0.15, -0.1) is 11.3 Å². The highest BCUT2D eigenvalue weighted by atomic mass is 35.5. The fourth-order valence-corrected chi connectivity index (χ4v) is 4.62. The van der Waals surface area contributed by atoms with E-state index in [1.807, 2.05) is 52.7 Å². The number of aromatic nitrogens is 1. The molecule has 3 aromatic rings. The molecule has 1 amide bonds. The van der Waals surface area contributed by atoms with Gasteiger partial charge in [0, 0.05) is 29.1 Å². The smallest absolute Gasteiger partial charge is 0.257 e. The third kappa shape index (κ3) is 5.20. The minimum atomic E-state index is -0.00377. The first-order valence-corrected chi connectivity index (χ1v) is 11.7. The van der Waals surface area contributed by atoms with Gasteiger partial charge < -0.3 is 14.4 Å². The van der Waals surface area contributed by atoms with Crippen molar-refractivity contribution < 1.29 is 14.3 Å². The van der Waals surface area contributed by atoms with Crippen LogP contribution in [0.4, 0.5) is 0 Å². The van der Waals surface area contributed by atoms with E-state index in [0.717, 1.165) is 42.2 Å². The molecule has 0 saturated carbocycles. The molecular formula is C24H25ClN2O3S. The SMILES string of the molecule is COc1cccc(C(=O)N2CCCCCC2)c1OCc1csc(-c2ccc(Cl)cc2)n1. The largest absolute Gasteiger partial charge is 0.493 e. The molecule has 1 aliphatic rings. The Bertz CT molecular complexity index is 1030. The van der Waals surface area contributed by atoms with Gasteiger partial charge in [0.25, 0.3) is 5.91 Å². The zero-order chi connectivity index (χ0) is 21.6. The molecule has 0 N–H and O–H groups in total. The van der Waals surface area contributed by atoms with Gasteiger partial charge in [-0.3, -0.25) is 4.79 Å². The molecule has 162 valence electrons. The van der Waals surface area contributed by atoms with Crippen LogP contribution in [-0.2, 0) is 6.61 Å². The van der Waals surface area contributed by atoms with E-state index in [1.165, 1.54) is 12.8 Å². The van der Waals surface area contributed by atoms with Gasteiger partial charge in [-0.25, -0.2) is 4.98 Å². The minimum absolute atomic E-state index is 0.00377. The number of amides is 1. The normalized spacial score (nSPS) is 14.2. The lowest BCUT2D eigenvalue weighted by molar-refractivity contribution is 0.0755. The van der Waals surface area contributed by atoms with Gasteiger partial charge in [-0.1, -0.05) is 42.6 Å². The monoisotopic (exact) mass is 456 g/mol. The average molecular weight is 457 g/mol. The van der Waals surface area contributed by atoms with Gasteiger partial charge in [-0.2, -0.15) is 0 Å². The van der Waals surface area contributed by atoms with Crippen molar-refractivity contribution in [3.05, 3.63) is 64.1 Å². The number of ether oxygens (including phenoxy) is 2. The van der Waals surface area contributed by atoms with E-state index in [2.05, 4.69) is 4.98 Å². The summed E-state index contributed by atoms with van der Waals surface area (Å²) in [5.41, 5.74) is 2.35. The Morgan fingerprint density at radius 3 is 2.55 bits per heavy atom. The number of carbonyl (C=O) groups is 1. The van der Waals surface area contributed by atoms with E-state index in [-0.39, 0.29) is 12.5 Å². The molecule has 1 saturated heterocycles. The predicted octanol–water partition coefficient (Wildman–Crippen LogP) is 6.07. The van der Waals surface area contributed by atoms with Crippen LogP contribution in [0.3, 0.4) is 0 Å². The fourth-order valence-electron chi connectivity index (χ4n) is 3.68. The Morgan fingerprint density at radius 1 is 1.10 bits per heavy atom. The number of carbonyl (C=O) groups excluding carboxylic acids is 1. The number of nitrogens with zero attached hydrogens (tertiary/aromatic N) is 2. The van der Waals surface area contributed by atoms with Crippen molar-refractivity contribution in [2.24, 2.45) is 0 Å². The van der Waals surface area contributed by atoms with Crippen molar-refractivity contribution >= 4 is 28.8 Å². The van der Waals surface area contributed by atoms with E-state index >= 15 is 0 Å². The molecule has 4 rings (SSSR count). The van der Waals surface area contributed by atoms with Gasteiger partial charge >= 0.3 is 0 Å². The van der Waals surface area contributed by atoms with Gasteiger partial charge in [0.05, 0.1) is 18.4 Å². The van der Waals surface area contributed by atoms with Gasteiger partial charge in [0.1, 0.15) is 11.6 Å². The zero-order valence-electron chi connectivity index (χ0n) is 17.5. The lowest BCUT2D eigenvalue weighted by atomic mass is 10.1. The Balaban J connectivity index is 1.53. The first-order chi connectivity index (χ1) is 15.2. The molecule has 7 heteroatoms. The lowest BCUT2D eigenvalue weighted by Crippen LogP contribution is -2.32. The molecule has 0 atom stereocenters. The van der Waals surface area contributed by atoms with Crippen molar-refractivity contribution in [2.45, 2.75) is 32.3 Å². The fraction of sp³-hybridized carbons (Fsp3) is 0.333. The summed E-state index contributed by atoms with van der Waals surface area (Å²) in [6.45, 7) is 1.82. The van der Waals surface area contributed by atoms with Crippen LogP contribution in [-0.4, -0.2) is 36.0 Å². The Labute approximate surface area is 191 Å². The topological polar surface area (TPSA) is 51.7 Å². The summed E-state index contributed by atoms with van der Waals surface area (Å²) in [4.78, 5) is 19.8.